The molecule has 0 aromatic rings. The highest BCUT2D eigenvalue weighted by molar-refractivity contribution is 5.73. The molecule has 0 bridgehead atoms. The first-order chi connectivity index (χ1) is 7.57. The Labute approximate surface area is 98.8 Å². The number of carboxylic acid groups (broad SMARTS) is 1. The van der Waals surface area contributed by atoms with E-state index in [-0.39, 0.29) is 12.0 Å². The van der Waals surface area contributed by atoms with E-state index in [1.54, 1.807) is 0 Å². The number of carbonyl (C=O) groups is 1. The summed E-state index contributed by atoms with van der Waals surface area (Å²) in [6.45, 7) is 6.93. The maximum atomic E-state index is 11.3. The van der Waals surface area contributed by atoms with Gasteiger partial charge in [0.25, 0.3) is 0 Å². The lowest BCUT2D eigenvalue weighted by Gasteiger charge is -2.39. The maximum Gasteiger partial charge on any atom is 0.321 e. The third-order valence-corrected chi connectivity index (χ3v) is 3.65. The van der Waals surface area contributed by atoms with Crippen molar-refractivity contribution < 1.29 is 9.90 Å². The van der Waals surface area contributed by atoms with Gasteiger partial charge >= 0.3 is 5.97 Å². The van der Waals surface area contributed by atoms with E-state index in [4.69, 9.17) is 0 Å². The summed E-state index contributed by atoms with van der Waals surface area (Å²) >= 11 is 0. The summed E-state index contributed by atoms with van der Waals surface area (Å²) < 4.78 is 0. The molecule has 3 heteroatoms. The van der Waals surface area contributed by atoms with Gasteiger partial charge in [0.15, 0.2) is 0 Å². The van der Waals surface area contributed by atoms with Crippen molar-refractivity contribution in [2.24, 2.45) is 5.92 Å². The lowest BCUT2D eigenvalue weighted by atomic mass is 9.91. The molecule has 0 aliphatic heterocycles. The van der Waals surface area contributed by atoms with Crippen LogP contribution in [0.1, 0.15) is 52.9 Å². The van der Waals surface area contributed by atoms with Gasteiger partial charge in [-0.2, -0.15) is 0 Å². The number of carboxylic acids is 1. The van der Waals surface area contributed by atoms with E-state index in [1.807, 2.05) is 13.8 Å². The Morgan fingerprint density at radius 2 is 1.88 bits per heavy atom. The minimum Gasteiger partial charge on any atom is -0.480 e. The molecular formula is C13H25NO2. The van der Waals surface area contributed by atoms with Gasteiger partial charge in [0.2, 0.25) is 0 Å². The maximum absolute atomic E-state index is 11.3. The fraction of sp³-hybridized carbons (Fsp3) is 0.923. The van der Waals surface area contributed by atoms with Crippen molar-refractivity contribution in [1.82, 2.24) is 4.90 Å². The third kappa shape index (κ3) is 3.21. The lowest BCUT2D eigenvalue weighted by molar-refractivity contribution is -0.146. The third-order valence-electron chi connectivity index (χ3n) is 3.65. The monoisotopic (exact) mass is 227 g/mol. The van der Waals surface area contributed by atoms with Gasteiger partial charge in [0.1, 0.15) is 6.04 Å². The van der Waals surface area contributed by atoms with Gasteiger partial charge in [-0.3, -0.25) is 9.69 Å². The largest absolute Gasteiger partial charge is 0.480 e. The summed E-state index contributed by atoms with van der Waals surface area (Å²) in [4.78, 5) is 13.5. The fourth-order valence-corrected chi connectivity index (χ4v) is 2.90. The SMILES string of the molecule is CCN(C1CCCCC1)C(C(=O)O)C(C)C. The highest BCUT2D eigenvalue weighted by Gasteiger charge is 2.32. The van der Waals surface area contributed by atoms with Crippen LogP contribution < -0.4 is 0 Å². The van der Waals surface area contributed by atoms with E-state index in [1.165, 1.54) is 32.1 Å². The van der Waals surface area contributed by atoms with Crippen LogP contribution in [0.2, 0.25) is 0 Å². The molecule has 0 saturated heterocycles. The fourth-order valence-electron chi connectivity index (χ4n) is 2.90. The standard InChI is InChI=1S/C13H25NO2/c1-4-14(11-8-6-5-7-9-11)12(10(2)3)13(15)16/h10-12H,4-9H2,1-3H3,(H,15,16). The molecule has 1 rings (SSSR count). The minimum absolute atomic E-state index is 0.180. The molecule has 0 aromatic carbocycles. The molecule has 3 nitrogen and oxygen atoms in total. The van der Waals surface area contributed by atoms with Gasteiger partial charge in [0.05, 0.1) is 0 Å². The molecule has 1 fully saturated rings. The minimum atomic E-state index is -0.664. The molecule has 1 N–H and O–H groups in total. The van der Waals surface area contributed by atoms with E-state index in [0.717, 1.165) is 6.54 Å². The van der Waals surface area contributed by atoms with Crippen LogP contribution in [-0.4, -0.2) is 34.6 Å². The van der Waals surface area contributed by atoms with Crippen molar-refractivity contribution in [3.63, 3.8) is 0 Å². The van der Waals surface area contributed by atoms with Crippen LogP contribution in [0.5, 0.6) is 0 Å². The Hall–Kier alpha value is -0.570. The molecule has 1 saturated carbocycles. The predicted molar refractivity (Wildman–Crippen MR) is 65.5 cm³/mol. The van der Waals surface area contributed by atoms with Gasteiger partial charge in [0, 0.05) is 6.04 Å². The van der Waals surface area contributed by atoms with Crippen LogP contribution in [0.15, 0.2) is 0 Å². The van der Waals surface area contributed by atoms with Gasteiger partial charge < -0.3 is 5.11 Å². The smallest absolute Gasteiger partial charge is 0.321 e. The number of hydrogen-bond acceptors (Lipinski definition) is 2. The zero-order valence-electron chi connectivity index (χ0n) is 10.8. The molecule has 1 atom stereocenters. The zero-order valence-corrected chi connectivity index (χ0v) is 10.8. The molecule has 16 heavy (non-hydrogen) atoms. The van der Waals surface area contributed by atoms with Crippen molar-refractivity contribution in [3.05, 3.63) is 0 Å². The lowest BCUT2D eigenvalue weighted by Crippen LogP contribution is -2.50. The Morgan fingerprint density at radius 1 is 1.31 bits per heavy atom. The van der Waals surface area contributed by atoms with E-state index in [9.17, 15) is 9.90 Å². The van der Waals surface area contributed by atoms with Gasteiger partial charge in [-0.15, -0.1) is 0 Å². The van der Waals surface area contributed by atoms with E-state index >= 15 is 0 Å². The molecule has 94 valence electrons. The Balaban J connectivity index is 2.72. The van der Waals surface area contributed by atoms with E-state index in [2.05, 4.69) is 11.8 Å². The highest BCUT2D eigenvalue weighted by Crippen LogP contribution is 2.26. The van der Waals surface area contributed by atoms with Crippen molar-refractivity contribution in [1.29, 1.82) is 0 Å². The Kier molecular flexibility index (Phi) is 5.26. The van der Waals surface area contributed by atoms with E-state index < -0.39 is 5.97 Å². The zero-order chi connectivity index (χ0) is 12.1. The quantitative estimate of drug-likeness (QED) is 0.785. The van der Waals surface area contributed by atoms with Gasteiger partial charge in [-0.1, -0.05) is 40.0 Å². The topological polar surface area (TPSA) is 40.5 Å². The summed E-state index contributed by atoms with van der Waals surface area (Å²) in [5.41, 5.74) is 0. The van der Waals surface area contributed by atoms with E-state index in [0.29, 0.717) is 6.04 Å². The number of likely N-dealkylation sites (N-methyl/N-ethyl adjacent to an activating group) is 1. The van der Waals surface area contributed by atoms with Gasteiger partial charge in [-0.25, -0.2) is 0 Å². The van der Waals surface area contributed by atoms with Crippen molar-refractivity contribution in [3.8, 4) is 0 Å². The molecule has 0 amide bonds. The molecule has 1 unspecified atom stereocenters. The Morgan fingerprint density at radius 3 is 2.25 bits per heavy atom. The van der Waals surface area contributed by atoms with Gasteiger partial charge in [-0.05, 0) is 25.3 Å². The first-order valence-electron chi connectivity index (χ1n) is 6.56. The van der Waals surface area contributed by atoms with Crippen molar-refractivity contribution >= 4 is 5.97 Å². The first kappa shape index (κ1) is 13.5. The van der Waals surface area contributed by atoms with Crippen LogP contribution >= 0.6 is 0 Å². The normalized spacial score (nSPS) is 20.3. The summed E-state index contributed by atoms with van der Waals surface area (Å²) in [5, 5.41) is 9.33. The second-order valence-electron chi connectivity index (χ2n) is 5.15. The summed E-state index contributed by atoms with van der Waals surface area (Å²) in [5.74, 6) is -0.484. The number of hydrogen-bond donors (Lipinski definition) is 1. The Bertz CT molecular complexity index is 222. The summed E-state index contributed by atoms with van der Waals surface area (Å²) in [6, 6.07) is 0.176. The van der Waals surface area contributed by atoms with Crippen molar-refractivity contribution in [2.45, 2.75) is 65.0 Å². The molecule has 0 radical (unpaired) electrons. The molecule has 0 heterocycles. The highest BCUT2D eigenvalue weighted by atomic mass is 16.4. The number of aliphatic carboxylic acids is 1. The van der Waals surface area contributed by atoms with Crippen LogP contribution in [0.3, 0.4) is 0 Å². The average molecular weight is 227 g/mol. The van der Waals surface area contributed by atoms with Crippen molar-refractivity contribution in [2.75, 3.05) is 6.54 Å². The van der Waals surface area contributed by atoms with Crippen LogP contribution in [0.25, 0.3) is 0 Å². The second-order valence-corrected chi connectivity index (χ2v) is 5.15. The average Bonchev–Trinajstić information content (AvgIpc) is 2.25. The molecular weight excluding hydrogens is 202 g/mol. The summed E-state index contributed by atoms with van der Waals surface area (Å²) in [6.07, 6.45) is 6.17. The predicted octanol–water partition coefficient (Wildman–Crippen LogP) is 2.75. The molecule has 1 aliphatic carbocycles. The first-order valence-corrected chi connectivity index (χ1v) is 6.56. The van der Waals surface area contributed by atoms with Crippen LogP contribution in [0, 0.1) is 5.92 Å². The summed E-state index contributed by atoms with van der Waals surface area (Å²) in [7, 11) is 0. The molecule has 1 aliphatic rings. The molecule has 0 spiro atoms. The number of rotatable bonds is 5. The van der Waals surface area contributed by atoms with Crippen LogP contribution in [-0.2, 0) is 4.79 Å². The number of nitrogens with zero attached hydrogens (tertiary/aromatic N) is 1. The van der Waals surface area contributed by atoms with Crippen LogP contribution in [0.4, 0.5) is 0 Å². The molecule has 0 aromatic heterocycles. The second kappa shape index (κ2) is 6.24.